The Morgan fingerprint density at radius 1 is 0.303 bits per heavy atom. The van der Waals surface area contributed by atoms with Crippen LogP contribution in [0.2, 0.25) is 0 Å². The molecular formula is C74H95NSe. The molecule has 0 aliphatic rings. The van der Waals surface area contributed by atoms with Crippen LogP contribution in [-0.4, -0.2) is 32.2 Å². The maximum absolute atomic E-state index is 2.85. The van der Waals surface area contributed by atoms with Crippen LogP contribution in [0.3, 0.4) is 0 Å². The molecule has 0 spiro atoms. The molecule has 0 amide bonds. The van der Waals surface area contributed by atoms with E-state index >= 15 is 0 Å². The monoisotopic (exact) mass is 1080 g/mol. The van der Waals surface area contributed by atoms with Crippen LogP contribution in [0.25, 0.3) is 66.8 Å². The van der Waals surface area contributed by atoms with E-state index in [0.717, 1.165) is 13.1 Å². The molecule has 0 unspecified atom stereocenters. The van der Waals surface area contributed by atoms with Gasteiger partial charge in [0.25, 0.3) is 0 Å². The van der Waals surface area contributed by atoms with E-state index in [1.54, 1.807) is 0 Å². The summed E-state index contributed by atoms with van der Waals surface area (Å²) in [6, 6.07) is 51.2. The van der Waals surface area contributed by atoms with E-state index in [9.17, 15) is 0 Å². The Hall–Kier alpha value is -4.98. The fourth-order valence-electron chi connectivity index (χ4n) is 11.8. The van der Waals surface area contributed by atoms with Crippen molar-refractivity contribution in [2.24, 2.45) is 0 Å². The number of unbranched alkanes of at least 4 members (excludes halogenated alkanes) is 2. The Morgan fingerprint density at radius 3 is 0.724 bits per heavy atom. The number of benzene rings is 7. The molecule has 0 saturated heterocycles. The van der Waals surface area contributed by atoms with Crippen LogP contribution < -0.4 is 4.46 Å². The molecule has 1 nitrogen and oxygen atoms in total. The third-order valence-electron chi connectivity index (χ3n) is 15.9. The van der Waals surface area contributed by atoms with Gasteiger partial charge >= 0.3 is 473 Å². The van der Waals surface area contributed by atoms with E-state index in [1.807, 2.05) is 0 Å². The maximum atomic E-state index is 2.85. The van der Waals surface area contributed by atoms with Gasteiger partial charge in [-0.05, 0) is 0 Å². The molecule has 0 bridgehead atoms. The van der Waals surface area contributed by atoms with Crippen molar-refractivity contribution in [3.63, 3.8) is 0 Å². The summed E-state index contributed by atoms with van der Waals surface area (Å²) in [6.07, 6.45) is 4.77. The SMILES string of the molecule is CCCCN(CCCC)[Se]c1c(-c2cc(-c3c(C(C)C)cccc3C(C)C)cc(-c3c(C(C)C)cccc3C(C)C)c2)cccc1-c1cc(-c2c(C(C)C)cccc2C(C)C)cc(-c2c(C(C)C)cccc2C(C)C)c1. The molecule has 0 heterocycles. The molecule has 0 N–H and O–H groups in total. The topological polar surface area (TPSA) is 3.24 Å². The van der Waals surface area contributed by atoms with Crippen molar-refractivity contribution < 1.29 is 0 Å². The second-order valence-corrected chi connectivity index (χ2v) is 26.8. The van der Waals surface area contributed by atoms with Crippen molar-refractivity contribution in [1.82, 2.24) is 3.92 Å². The zero-order chi connectivity index (χ0) is 55.1. The van der Waals surface area contributed by atoms with E-state index < -0.39 is 0 Å². The average molecular weight is 1080 g/mol. The van der Waals surface area contributed by atoms with Crippen LogP contribution in [0, 0.1) is 0 Å². The molecule has 0 saturated carbocycles. The Morgan fingerprint density at radius 2 is 0.513 bits per heavy atom. The summed E-state index contributed by atoms with van der Waals surface area (Å²) in [6.45, 7) is 44.9. The summed E-state index contributed by atoms with van der Waals surface area (Å²) in [4.78, 5) is 0. The van der Waals surface area contributed by atoms with Gasteiger partial charge in [0.15, 0.2) is 0 Å². The molecule has 0 aliphatic carbocycles. The predicted molar refractivity (Wildman–Crippen MR) is 339 cm³/mol. The van der Waals surface area contributed by atoms with Crippen LogP contribution >= 0.6 is 0 Å². The predicted octanol–water partition coefficient (Wildman–Crippen LogP) is 21.8. The number of nitrogens with zero attached hydrogens (tertiary/aromatic N) is 1. The first-order chi connectivity index (χ1) is 36.3. The Balaban J connectivity index is 1.68. The molecule has 0 aliphatic heterocycles. The first-order valence-electron chi connectivity index (χ1n) is 29.7. The van der Waals surface area contributed by atoms with Crippen molar-refractivity contribution in [2.45, 2.75) is 198 Å². The van der Waals surface area contributed by atoms with Crippen molar-refractivity contribution in [3.05, 3.63) is 172 Å². The Kier molecular flexibility index (Phi) is 20.2. The van der Waals surface area contributed by atoms with Gasteiger partial charge in [-0.2, -0.15) is 0 Å². The molecule has 7 aromatic carbocycles. The number of hydrogen-bond acceptors (Lipinski definition) is 1. The molecule has 0 atom stereocenters. The standard InChI is InChI=1S/C74H95NSe/c1-19-21-38-75(39-22-20-2)76-74-68(54-40-56(70-60(46(3)4)28-23-29-61(70)47(5)6)44-57(41-54)71-62(48(7)8)30-24-31-63(71)49(9)10)36-27-37-69(74)55-42-58(72-64(50(11)12)32-25-33-65(72)51(13)14)45-59(43-55)73-66(52(15)16)34-26-35-67(73)53(17)18/h23-37,40-53H,19-22,38-39H2,1-18H3. The first-order valence-corrected chi connectivity index (χ1v) is 31.3. The average Bonchev–Trinajstić information content (AvgIpc) is 3.40. The van der Waals surface area contributed by atoms with Crippen LogP contribution in [0.4, 0.5) is 0 Å². The summed E-state index contributed by atoms with van der Waals surface area (Å²) in [5, 5.41) is 0. The van der Waals surface area contributed by atoms with E-state index in [0.29, 0.717) is 47.3 Å². The zero-order valence-electron chi connectivity index (χ0n) is 50.3. The molecule has 7 rings (SSSR count). The summed E-state index contributed by atoms with van der Waals surface area (Å²) >= 11 is 0.0261. The van der Waals surface area contributed by atoms with E-state index in [2.05, 4.69) is 256 Å². The second-order valence-electron chi connectivity index (χ2n) is 24.5. The van der Waals surface area contributed by atoms with Gasteiger partial charge < -0.3 is 0 Å². The van der Waals surface area contributed by atoms with E-state index in [4.69, 9.17) is 0 Å². The van der Waals surface area contributed by atoms with Gasteiger partial charge in [-0.15, -0.1) is 0 Å². The fourth-order valence-corrected chi connectivity index (χ4v) is 14.4. The van der Waals surface area contributed by atoms with Gasteiger partial charge in [0, 0.05) is 0 Å². The Labute approximate surface area is 470 Å². The summed E-state index contributed by atoms with van der Waals surface area (Å²) < 4.78 is 4.34. The second kappa shape index (κ2) is 26.1. The third-order valence-corrected chi connectivity index (χ3v) is 18.5. The number of rotatable bonds is 22. The summed E-state index contributed by atoms with van der Waals surface area (Å²) in [7, 11) is 0. The molecule has 0 fully saturated rings. The third kappa shape index (κ3) is 13.0. The molecule has 402 valence electrons. The van der Waals surface area contributed by atoms with Crippen molar-refractivity contribution in [1.29, 1.82) is 0 Å². The normalized spacial score (nSPS) is 12.2. The molecule has 0 radical (unpaired) electrons. The zero-order valence-corrected chi connectivity index (χ0v) is 52.1. The van der Waals surface area contributed by atoms with Crippen molar-refractivity contribution in [3.8, 4) is 66.8 Å². The summed E-state index contributed by atoms with van der Waals surface area (Å²) in [5.41, 5.74) is 27.7. The van der Waals surface area contributed by atoms with Crippen LogP contribution in [-0.2, 0) is 0 Å². The van der Waals surface area contributed by atoms with Gasteiger partial charge in [-0.25, -0.2) is 0 Å². The van der Waals surface area contributed by atoms with Crippen LogP contribution in [0.1, 0.15) is 242 Å². The molecule has 0 aromatic heterocycles. The molecule has 7 aromatic rings. The van der Waals surface area contributed by atoms with Gasteiger partial charge in [0.1, 0.15) is 0 Å². The van der Waals surface area contributed by atoms with Gasteiger partial charge in [0.05, 0.1) is 0 Å². The van der Waals surface area contributed by atoms with E-state index in [1.165, 1.54) is 141 Å². The molecule has 2 heteroatoms. The van der Waals surface area contributed by atoms with E-state index in [-0.39, 0.29) is 15.2 Å². The quantitative estimate of drug-likeness (QED) is 0.0612. The molecular weight excluding hydrogens is 982 g/mol. The minimum atomic E-state index is 0.0261. The summed E-state index contributed by atoms with van der Waals surface area (Å²) in [5.74, 6) is 2.99. The van der Waals surface area contributed by atoms with Crippen molar-refractivity contribution >= 4 is 19.6 Å². The van der Waals surface area contributed by atoms with Crippen molar-refractivity contribution in [2.75, 3.05) is 13.1 Å². The minimum absolute atomic E-state index is 0.0261. The van der Waals surface area contributed by atoms with Gasteiger partial charge in [-0.1, -0.05) is 0 Å². The van der Waals surface area contributed by atoms with Gasteiger partial charge in [0.2, 0.25) is 0 Å². The first kappa shape index (κ1) is 58.7. The Bertz CT molecular complexity index is 2590. The number of hydrogen-bond donors (Lipinski definition) is 0. The van der Waals surface area contributed by atoms with Gasteiger partial charge in [-0.3, -0.25) is 0 Å². The van der Waals surface area contributed by atoms with Crippen LogP contribution in [0.5, 0.6) is 0 Å². The molecule has 76 heavy (non-hydrogen) atoms. The fraction of sp³-hybridized carbons (Fsp3) is 0.432. The van der Waals surface area contributed by atoms with Crippen LogP contribution in [0.15, 0.2) is 127 Å².